The van der Waals surface area contributed by atoms with Crippen molar-refractivity contribution in [2.24, 2.45) is 10.9 Å². The van der Waals surface area contributed by atoms with Gasteiger partial charge >= 0.3 is 0 Å². The van der Waals surface area contributed by atoms with E-state index in [-0.39, 0.29) is 24.0 Å². The maximum absolute atomic E-state index is 5.15. The summed E-state index contributed by atoms with van der Waals surface area (Å²) in [7, 11) is 3.49. The number of guanidine groups is 1. The normalized spacial score (nSPS) is 11.0. The number of methoxy groups -OCH3 is 1. The average Bonchev–Trinajstić information content (AvgIpc) is 2.47. The minimum atomic E-state index is 0. The Morgan fingerprint density at radius 3 is 2.38 bits per heavy atom. The Morgan fingerprint density at radius 2 is 1.86 bits per heavy atom. The van der Waals surface area contributed by atoms with Gasteiger partial charge in [0, 0.05) is 20.1 Å². The van der Waals surface area contributed by atoms with Crippen LogP contribution in [0.5, 0.6) is 5.75 Å². The quantitative estimate of drug-likeness (QED) is 0.317. The first kappa shape index (κ1) is 20.0. The van der Waals surface area contributed by atoms with Crippen LogP contribution in [0.2, 0.25) is 0 Å². The Balaban J connectivity index is 0.00000400. The van der Waals surface area contributed by atoms with Gasteiger partial charge in [-0.3, -0.25) is 4.99 Å². The Bertz CT molecular complexity index is 404. The van der Waals surface area contributed by atoms with E-state index in [0.717, 1.165) is 37.6 Å². The van der Waals surface area contributed by atoms with Gasteiger partial charge in [0.2, 0.25) is 0 Å². The maximum atomic E-state index is 5.15. The van der Waals surface area contributed by atoms with Crippen molar-refractivity contribution in [3.63, 3.8) is 0 Å². The second kappa shape index (κ2) is 11.7. The third-order valence-corrected chi connectivity index (χ3v) is 3.00. The highest BCUT2D eigenvalue weighted by atomic mass is 127. The lowest BCUT2D eigenvalue weighted by atomic mass is 10.1. The van der Waals surface area contributed by atoms with E-state index >= 15 is 0 Å². The molecule has 0 heterocycles. The lowest BCUT2D eigenvalue weighted by molar-refractivity contribution is 0.414. The Labute approximate surface area is 145 Å². The largest absolute Gasteiger partial charge is 0.497 e. The Hall–Kier alpha value is -0.980. The van der Waals surface area contributed by atoms with Crippen molar-refractivity contribution in [3.05, 3.63) is 29.8 Å². The van der Waals surface area contributed by atoms with Crippen LogP contribution in [0.1, 0.15) is 25.8 Å². The Kier molecular flexibility index (Phi) is 11.1. The van der Waals surface area contributed by atoms with Crippen molar-refractivity contribution in [2.75, 3.05) is 27.2 Å². The molecule has 0 aromatic heterocycles. The van der Waals surface area contributed by atoms with E-state index in [9.17, 15) is 0 Å². The lowest BCUT2D eigenvalue weighted by Gasteiger charge is -2.13. The van der Waals surface area contributed by atoms with Crippen molar-refractivity contribution in [3.8, 4) is 5.75 Å². The monoisotopic (exact) mass is 405 g/mol. The molecule has 0 unspecified atom stereocenters. The van der Waals surface area contributed by atoms with Crippen molar-refractivity contribution in [1.29, 1.82) is 0 Å². The first-order chi connectivity index (χ1) is 9.65. The van der Waals surface area contributed by atoms with E-state index in [1.54, 1.807) is 14.2 Å². The fourth-order valence-corrected chi connectivity index (χ4v) is 1.81. The molecule has 1 aromatic carbocycles. The van der Waals surface area contributed by atoms with Gasteiger partial charge in [0.15, 0.2) is 5.96 Å². The van der Waals surface area contributed by atoms with E-state index in [1.165, 1.54) is 5.56 Å². The molecule has 0 aliphatic carbocycles. The van der Waals surface area contributed by atoms with E-state index in [4.69, 9.17) is 4.74 Å². The van der Waals surface area contributed by atoms with Crippen molar-refractivity contribution in [1.82, 2.24) is 10.6 Å². The van der Waals surface area contributed by atoms with Crippen molar-refractivity contribution in [2.45, 2.75) is 26.7 Å². The first-order valence-corrected chi connectivity index (χ1v) is 7.23. The lowest BCUT2D eigenvalue weighted by Crippen LogP contribution is -2.39. The zero-order valence-electron chi connectivity index (χ0n) is 13.5. The molecule has 21 heavy (non-hydrogen) atoms. The summed E-state index contributed by atoms with van der Waals surface area (Å²) >= 11 is 0. The van der Waals surface area contributed by atoms with Crippen molar-refractivity contribution < 1.29 is 4.74 Å². The fourth-order valence-electron chi connectivity index (χ4n) is 1.81. The van der Waals surface area contributed by atoms with Gasteiger partial charge < -0.3 is 15.4 Å². The van der Waals surface area contributed by atoms with Crippen molar-refractivity contribution >= 4 is 29.9 Å². The molecule has 0 spiro atoms. The summed E-state index contributed by atoms with van der Waals surface area (Å²) in [6.07, 6.45) is 2.13. The van der Waals surface area contributed by atoms with E-state index in [2.05, 4.69) is 41.6 Å². The van der Waals surface area contributed by atoms with Gasteiger partial charge in [0.05, 0.1) is 7.11 Å². The molecule has 0 saturated heterocycles. The number of nitrogens with one attached hydrogen (secondary N) is 2. The number of hydrogen-bond acceptors (Lipinski definition) is 2. The molecule has 5 heteroatoms. The summed E-state index contributed by atoms with van der Waals surface area (Å²) in [5.74, 6) is 2.41. The average molecular weight is 405 g/mol. The summed E-state index contributed by atoms with van der Waals surface area (Å²) in [6, 6.07) is 8.24. The summed E-state index contributed by atoms with van der Waals surface area (Å²) in [6.45, 7) is 6.23. The van der Waals surface area contributed by atoms with Gasteiger partial charge in [0.1, 0.15) is 5.75 Å². The number of hydrogen-bond donors (Lipinski definition) is 2. The van der Waals surface area contributed by atoms with Crippen LogP contribution in [0.3, 0.4) is 0 Å². The number of nitrogens with zero attached hydrogens (tertiary/aromatic N) is 1. The van der Waals surface area contributed by atoms with Gasteiger partial charge in [0.25, 0.3) is 0 Å². The molecular weight excluding hydrogens is 377 g/mol. The SMILES string of the molecule is CN=C(NCCCc1ccc(OC)cc1)NCC(C)C.I. The highest BCUT2D eigenvalue weighted by Crippen LogP contribution is 2.12. The van der Waals surface area contributed by atoms with Crippen LogP contribution in [0.25, 0.3) is 0 Å². The topological polar surface area (TPSA) is 45.7 Å². The van der Waals surface area contributed by atoms with Crippen LogP contribution in [0.4, 0.5) is 0 Å². The molecule has 1 rings (SSSR count). The molecule has 0 fully saturated rings. The molecule has 0 saturated carbocycles. The standard InChI is InChI=1S/C16H27N3O.HI/c1-13(2)12-19-16(17-3)18-11-5-6-14-7-9-15(20-4)10-8-14;/h7-10,13H,5-6,11-12H2,1-4H3,(H2,17,18,19);1H. The van der Waals surface area contributed by atoms with Gasteiger partial charge in [-0.05, 0) is 36.5 Å². The summed E-state index contributed by atoms with van der Waals surface area (Å²) in [5, 5.41) is 6.64. The molecule has 120 valence electrons. The number of aliphatic imine (C=N–C) groups is 1. The van der Waals surface area contributed by atoms with Crippen LogP contribution < -0.4 is 15.4 Å². The molecule has 4 nitrogen and oxygen atoms in total. The summed E-state index contributed by atoms with van der Waals surface area (Å²) in [4.78, 5) is 4.21. The summed E-state index contributed by atoms with van der Waals surface area (Å²) in [5.41, 5.74) is 1.33. The number of rotatable bonds is 7. The predicted octanol–water partition coefficient (Wildman–Crippen LogP) is 3.07. The molecule has 0 atom stereocenters. The second-order valence-corrected chi connectivity index (χ2v) is 5.23. The van der Waals surface area contributed by atoms with E-state index in [0.29, 0.717) is 5.92 Å². The van der Waals surface area contributed by atoms with Crippen LogP contribution in [0.15, 0.2) is 29.3 Å². The summed E-state index contributed by atoms with van der Waals surface area (Å²) < 4.78 is 5.15. The van der Waals surface area contributed by atoms with Crippen LogP contribution in [0, 0.1) is 5.92 Å². The molecule has 0 aliphatic rings. The molecular formula is C16H28IN3O. The zero-order chi connectivity index (χ0) is 14.8. The van der Waals surface area contributed by atoms with Crippen LogP contribution in [-0.4, -0.2) is 33.2 Å². The van der Waals surface area contributed by atoms with Gasteiger partial charge in [-0.1, -0.05) is 26.0 Å². The number of ether oxygens (including phenoxy) is 1. The molecule has 2 N–H and O–H groups in total. The predicted molar refractivity (Wildman–Crippen MR) is 101 cm³/mol. The highest BCUT2D eigenvalue weighted by molar-refractivity contribution is 14.0. The number of benzene rings is 1. The molecule has 0 aliphatic heterocycles. The third kappa shape index (κ3) is 8.80. The highest BCUT2D eigenvalue weighted by Gasteiger charge is 1.99. The molecule has 0 radical (unpaired) electrons. The second-order valence-electron chi connectivity index (χ2n) is 5.23. The van der Waals surface area contributed by atoms with Gasteiger partial charge in [-0.2, -0.15) is 0 Å². The number of aryl methyl sites for hydroxylation is 1. The van der Waals surface area contributed by atoms with Gasteiger partial charge in [-0.25, -0.2) is 0 Å². The smallest absolute Gasteiger partial charge is 0.190 e. The fraction of sp³-hybridized carbons (Fsp3) is 0.562. The van der Waals surface area contributed by atoms with E-state index < -0.39 is 0 Å². The minimum absolute atomic E-state index is 0. The molecule has 0 amide bonds. The van der Waals surface area contributed by atoms with Gasteiger partial charge in [-0.15, -0.1) is 24.0 Å². The van der Waals surface area contributed by atoms with Crippen LogP contribution in [-0.2, 0) is 6.42 Å². The van der Waals surface area contributed by atoms with Crippen LogP contribution >= 0.6 is 24.0 Å². The molecule has 0 bridgehead atoms. The first-order valence-electron chi connectivity index (χ1n) is 7.23. The molecule has 1 aromatic rings. The zero-order valence-corrected chi connectivity index (χ0v) is 15.8. The van der Waals surface area contributed by atoms with E-state index in [1.807, 2.05) is 12.1 Å². The minimum Gasteiger partial charge on any atom is -0.497 e. The maximum Gasteiger partial charge on any atom is 0.190 e. The third-order valence-electron chi connectivity index (χ3n) is 3.00. The number of halogens is 1. The Morgan fingerprint density at radius 1 is 1.19 bits per heavy atom.